The molecule has 1 heterocycles. The van der Waals surface area contributed by atoms with Crippen LogP contribution in [0.2, 0.25) is 0 Å². The lowest BCUT2D eigenvalue weighted by atomic mass is 10.1. The summed E-state index contributed by atoms with van der Waals surface area (Å²) in [7, 11) is 0. The number of benzene rings is 2. The van der Waals surface area contributed by atoms with E-state index >= 15 is 0 Å². The van der Waals surface area contributed by atoms with E-state index in [9.17, 15) is 19.7 Å². The molecule has 24 heavy (non-hydrogen) atoms. The van der Waals surface area contributed by atoms with Crippen molar-refractivity contribution in [3.8, 4) is 0 Å². The number of rotatable bonds is 5. The van der Waals surface area contributed by atoms with Crippen LogP contribution in [-0.2, 0) is 6.42 Å². The van der Waals surface area contributed by atoms with Crippen LogP contribution in [0.5, 0.6) is 0 Å². The molecule has 0 bridgehead atoms. The van der Waals surface area contributed by atoms with Crippen LogP contribution >= 0.6 is 0 Å². The predicted molar refractivity (Wildman–Crippen MR) is 89.3 cm³/mol. The van der Waals surface area contributed by atoms with E-state index in [1.807, 2.05) is 12.1 Å². The normalized spacial score (nSPS) is 13.3. The summed E-state index contributed by atoms with van der Waals surface area (Å²) in [5.41, 5.74) is 1.69. The summed E-state index contributed by atoms with van der Waals surface area (Å²) < 4.78 is 0. The van der Waals surface area contributed by atoms with Gasteiger partial charge in [0.05, 0.1) is 21.7 Å². The summed E-state index contributed by atoms with van der Waals surface area (Å²) in [4.78, 5) is 36.4. The molecule has 0 aliphatic carbocycles. The SMILES string of the molecule is CCCCc1ccc(N2C(=O)c3ccc([N+](=O)[O-])cc3C2=O)cc1. The molecule has 2 aromatic carbocycles. The van der Waals surface area contributed by atoms with E-state index in [2.05, 4.69) is 6.92 Å². The first kappa shape index (κ1) is 15.9. The second-order valence-corrected chi connectivity index (χ2v) is 5.70. The minimum Gasteiger partial charge on any atom is -0.268 e. The van der Waals surface area contributed by atoms with E-state index < -0.39 is 16.7 Å². The van der Waals surface area contributed by atoms with Gasteiger partial charge in [-0.05, 0) is 36.6 Å². The largest absolute Gasteiger partial charge is 0.270 e. The van der Waals surface area contributed by atoms with Crippen molar-refractivity contribution in [1.82, 2.24) is 0 Å². The zero-order chi connectivity index (χ0) is 17.3. The van der Waals surface area contributed by atoms with Crippen LogP contribution < -0.4 is 4.90 Å². The number of nitro groups is 1. The number of non-ortho nitro benzene ring substituents is 1. The van der Waals surface area contributed by atoms with E-state index in [1.54, 1.807) is 12.1 Å². The number of hydrogen-bond acceptors (Lipinski definition) is 4. The van der Waals surface area contributed by atoms with Gasteiger partial charge in [0, 0.05) is 12.1 Å². The average Bonchev–Trinajstić information content (AvgIpc) is 2.84. The minimum atomic E-state index is -0.580. The van der Waals surface area contributed by atoms with Gasteiger partial charge < -0.3 is 0 Å². The topological polar surface area (TPSA) is 80.5 Å². The van der Waals surface area contributed by atoms with E-state index in [1.165, 1.54) is 12.1 Å². The molecule has 0 radical (unpaired) electrons. The molecule has 0 N–H and O–H groups in total. The number of carbonyl (C=O) groups excluding carboxylic acids is 2. The van der Waals surface area contributed by atoms with E-state index in [-0.39, 0.29) is 16.8 Å². The molecular weight excluding hydrogens is 308 g/mol. The Hall–Kier alpha value is -3.02. The molecule has 2 aromatic rings. The van der Waals surface area contributed by atoms with Crippen molar-refractivity contribution in [1.29, 1.82) is 0 Å². The summed E-state index contributed by atoms with van der Waals surface area (Å²) >= 11 is 0. The Balaban J connectivity index is 1.91. The fraction of sp³-hybridized carbons (Fsp3) is 0.222. The maximum atomic E-state index is 12.5. The van der Waals surface area contributed by atoms with Crippen molar-refractivity contribution in [2.75, 3.05) is 4.90 Å². The van der Waals surface area contributed by atoms with Crippen molar-refractivity contribution in [2.45, 2.75) is 26.2 Å². The van der Waals surface area contributed by atoms with Crippen molar-refractivity contribution in [3.63, 3.8) is 0 Å². The second kappa shape index (κ2) is 6.23. The highest BCUT2D eigenvalue weighted by atomic mass is 16.6. The third-order valence-corrected chi connectivity index (χ3v) is 4.09. The van der Waals surface area contributed by atoms with Gasteiger partial charge in [0.25, 0.3) is 17.5 Å². The third kappa shape index (κ3) is 2.67. The monoisotopic (exact) mass is 324 g/mol. The molecule has 3 rings (SSSR count). The third-order valence-electron chi connectivity index (χ3n) is 4.09. The number of amides is 2. The number of imide groups is 1. The molecule has 0 aromatic heterocycles. The molecule has 1 aliphatic heterocycles. The van der Waals surface area contributed by atoms with Crippen LogP contribution in [0, 0.1) is 10.1 Å². The highest BCUT2D eigenvalue weighted by molar-refractivity contribution is 6.34. The average molecular weight is 324 g/mol. The molecule has 1 aliphatic rings. The van der Waals surface area contributed by atoms with Gasteiger partial charge in [0.2, 0.25) is 0 Å². The summed E-state index contributed by atoms with van der Waals surface area (Å²) in [5, 5.41) is 10.9. The van der Waals surface area contributed by atoms with Crippen molar-refractivity contribution < 1.29 is 14.5 Å². The predicted octanol–water partition coefficient (Wildman–Crippen LogP) is 3.74. The summed E-state index contributed by atoms with van der Waals surface area (Å²) in [6.07, 6.45) is 3.13. The number of carbonyl (C=O) groups is 2. The van der Waals surface area contributed by atoms with Crippen LogP contribution in [0.4, 0.5) is 11.4 Å². The number of hydrogen-bond donors (Lipinski definition) is 0. The zero-order valence-electron chi connectivity index (χ0n) is 13.2. The van der Waals surface area contributed by atoms with Gasteiger partial charge in [0.15, 0.2) is 0 Å². The molecule has 2 amide bonds. The maximum absolute atomic E-state index is 12.5. The summed E-state index contributed by atoms with van der Waals surface area (Å²) in [6, 6.07) is 11.0. The molecule has 122 valence electrons. The molecule has 0 spiro atoms. The van der Waals surface area contributed by atoms with E-state index in [4.69, 9.17) is 0 Å². The van der Waals surface area contributed by atoms with Gasteiger partial charge >= 0.3 is 0 Å². The molecular formula is C18H16N2O4. The first-order valence-electron chi connectivity index (χ1n) is 7.79. The van der Waals surface area contributed by atoms with Crippen molar-refractivity contribution in [3.05, 3.63) is 69.3 Å². The van der Waals surface area contributed by atoms with Crippen LogP contribution in [0.25, 0.3) is 0 Å². The van der Waals surface area contributed by atoms with Crippen molar-refractivity contribution >= 4 is 23.2 Å². The summed E-state index contributed by atoms with van der Waals surface area (Å²) in [6.45, 7) is 2.12. The van der Waals surface area contributed by atoms with Crippen LogP contribution in [0.15, 0.2) is 42.5 Å². The Morgan fingerprint density at radius 1 is 1.00 bits per heavy atom. The van der Waals surface area contributed by atoms with Gasteiger partial charge in [-0.25, -0.2) is 4.90 Å². The Bertz CT molecular complexity index is 827. The molecule has 6 heteroatoms. The Labute approximate surface area is 138 Å². The highest BCUT2D eigenvalue weighted by Crippen LogP contribution is 2.30. The minimum absolute atomic E-state index is 0.0734. The second-order valence-electron chi connectivity index (χ2n) is 5.70. The molecule has 0 saturated carbocycles. The first-order chi connectivity index (χ1) is 11.5. The molecule has 0 saturated heterocycles. The number of anilines is 1. The van der Waals surface area contributed by atoms with Gasteiger partial charge in [-0.1, -0.05) is 25.5 Å². The lowest BCUT2D eigenvalue weighted by Gasteiger charge is -2.14. The lowest BCUT2D eigenvalue weighted by molar-refractivity contribution is -0.384. The summed E-state index contributed by atoms with van der Waals surface area (Å²) in [5.74, 6) is -0.980. The van der Waals surface area contributed by atoms with Gasteiger partial charge in [-0.3, -0.25) is 19.7 Å². The molecule has 0 atom stereocenters. The zero-order valence-corrected chi connectivity index (χ0v) is 13.2. The van der Waals surface area contributed by atoms with Crippen molar-refractivity contribution in [2.24, 2.45) is 0 Å². The van der Waals surface area contributed by atoms with E-state index in [0.717, 1.165) is 35.8 Å². The van der Waals surface area contributed by atoms with Gasteiger partial charge in [-0.15, -0.1) is 0 Å². The Kier molecular flexibility index (Phi) is 4.12. The lowest BCUT2D eigenvalue weighted by Crippen LogP contribution is -2.29. The maximum Gasteiger partial charge on any atom is 0.270 e. The fourth-order valence-corrected chi connectivity index (χ4v) is 2.77. The smallest absolute Gasteiger partial charge is 0.268 e. The Morgan fingerprint density at radius 2 is 1.67 bits per heavy atom. The van der Waals surface area contributed by atoms with Gasteiger partial charge in [0.1, 0.15) is 0 Å². The van der Waals surface area contributed by atoms with Crippen LogP contribution in [0.1, 0.15) is 46.0 Å². The van der Waals surface area contributed by atoms with Crippen LogP contribution in [0.3, 0.4) is 0 Å². The number of nitrogens with zero attached hydrogens (tertiary/aromatic N) is 2. The molecule has 6 nitrogen and oxygen atoms in total. The number of unbranched alkanes of at least 4 members (excludes halogenated alkanes) is 1. The number of fused-ring (bicyclic) bond motifs is 1. The molecule has 0 unspecified atom stereocenters. The highest BCUT2D eigenvalue weighted by Gasteiger charge is 2.37. The van der Waals surface area contributed by atoms with E-state index in [0.29, 0.717) is 5.69 Å². The molecule has 0 fully saturated rings. The van der Waals surface area contributed by atoms with Gasteiger partial charge in [-0.2, -0.15) is 0 Å². The quantitative estimate of drug-likeness (QED) is 0.477. The fourth-order valence-electron chi connectivity index (χ4n) is 2.77. The number of nitro benzene ring substituents is 1. The first-order valence-corrected chi connectivity index (χ1v) is 7.79. The Morgan fingerprint density at radius 3 is 2.29 bits per heavy atom. The van der Waals surface area contributed by atoms with Crippen LogP contribution in [-0.4, -0.2) is 16.7 Å². The standard InChI is InChI=1S/C18H16N2O4/c1-2-3-4-12-5-7-13(8-6-12)19-17(21)15-10-9-14(20(23)24)11-16(15)18(19)22/h5-11H,2-4H2,1H3. The number of aryl methyl sites for hydroxylation is 1.